The maximum atomic E-state index is 11.0. The van der Waals surface area contributed by atoms with Gasteiger partial charge in [-0.3, -0.25) is 4.79 Å². The zero-order chi connectivity index (χ0) is 15.8. The molecule has 0 aromatic heterocycles. The highest BCUT2D eigenvalue weighted by Gasteiger charge is 2.15. The van der Waals surface area contributed by atoms with Crippen molar-refractivity contribution >= 4 is 5.97 Å². The van der Waals surface area contributed by atoms with E-state index in [-0.39, 0.29) is 12.5 Å². The normalized spacial score (nSPS) is 12.0. The number of nitrogens with one attached hydrogen (secondary N) is 1. The summed E-state index contributed by atoms with van der Waals surface area (Å²) in [5.41, 5.74) is 3.36. The molecule has 1 aromatic carbocycles. The number of carboxylic acid groups (broad SMARTS) is 1. The van der Waals surface area contributed by atoms with Gasteiger partial charge < -0.3 is 15.2 Å². The van der Waals surface area contributed by atoms with Crippen molar-refractivity contribution in [3.63, 3.8) is 0 Å². The Morgan fingerprint density at radius 3 is 2.71 bits per heavy atom. The number of carboxylic acids is 1. The molecule has 116 valence electrons. The highest BCUT2D eigenvalue weighted by molar-refractivity contribution is 5.67. The van der Waals surface area contributed by atoms with Gasteiger partial charge in [0.05, 0.1) is 13.0 Å². The van der Waals surface area contributed by atoms with E-state index in [0.717, 1.165) is 22.4 Å². The Bertz CT molecular complexity index is 497. The average Bonchev–Trinajstić information content (AvgIpc) is 2.41. The number of ether oxygens (including phenoxy) is 1. The van der Waals surface area contributed by atoms with E-state index in [1.54, 1.807) is 6.08 Å². The zero-order valence-corrected chi connectivity index (χ0v) is 13.1. The Morgan fingerprint density at radius 2 is 2.14 bits per heavy atom. The molecule has 0 aliphatic heterocycles. The quantitative estimate of drug-likeness (QED) is 0.687. The first-order valence-corrected chi connectivity index (χ1v) is 7.26. The standard InChI is InChI=1S/C17H25NO3/c1-5-7-18-15(11-17(19)20)10-14-8-13(4)16(21-6-2)9-12(14)3/h5,8-9,15,18H,1,6-7,10-11H2,2-4H3,(H,19,20). The number of hydrogen-bond donors (Lipinski definition) is 2. The van der Waals surface area contributed by atoms with Gasteiger partial charge in [-0.25, -0.2) is 0 Å². The van der Waals surface area contributed by atoms with E-state index in [2.05, 4.69) is 18.0 Å². The first-order chi connectivity index (χ1) is 9.97. The number of benzene rings is 1. The van der Waals surface area contributed by atoms with Crippen molar-refractivity contribution in [1.29, 1.82) is 0 Å². The smallest absolute Gasteiger partial charge is 0.304 e. The molecule has 0 fully saturated rings. The summed E-state index contributed by atoms with van der Waals surface area (Å²) in [5, 5.41) is 12.2. The number of carbonyl (C=O) groups is 1. The SMILES string of the molecule is C=CCNC(CC(=O)O)Cc1cc(C)c(OCC)cc1C. The molecular formula is C17H25NO3. The fourth-order valence-corrected chi connectivity index (χ4v) is 2.32. The van der Waals surface area contributed by atoms with Crippen molar-refractivity contribution in [3.8, 4) is 5.75 Å². The van der Waals surface area contributed by atoms with Crippen molar-refractivity contribution in [2.45, 2.75) is 39.7 Å². The molecule has 1 aromatic rings. The number of aryl methyl sites for hydroxylation is 2. The summed E-state index contributed by atoms with van der Waals surface area (Å²) in [4.78, 5) is 11.0. The van der Waals surface area contributed by atoms with Gasteiger partial charge in [0, 0.05) is 12.6 Å². The van der Waals surface area contributed by atoms with Crippen LogP contribution >= 0.6 is 0 Å². The Labute approximate surface area is 126 Å². The molecule has 1 unspecified atom stereocenters. The van der Waals surface area contributed by atoms with Crippen molar-refractivity contribution in [3.05, 3.63) is 41.5 Å². The molecule has 0 aliphatic rings. The van der Waals surface area contributed by atoms with Crippen LogP contribution < -0.4 is 10.1 Å². The molecule has 0 aliphatic carbocycles. The van der Waals surface area contributed by atoms with E-state index in [0.29, 0.717) is 19.6 Å². The first kappa shape index (κ1) is 17.2. The van der Waals surface area contributed by atoms with E-state index in [9.17, 15) is 4.79 Å². The van der Waals surface area contributed by atoms with Gasteiger partial charge in [-0.2, -0.15) is 0 Å². The van der Waals surface area contributed by atoms with Crippen LogP contribution in [0.25, 0.3) is 0 Å². The topological polar surface area (TPSA) is 58.6 Å². The van der Waals surface area contributed by atoms with Gasteiger partial charge in [-0.05, 0) is 49.9 Å². The molecule has 1 rings (SSSR count). The van der Waals surface area contributed by atoms with Gasteiger partial charge in [-0.15, -0.1) is 6.58 Å². The van der Waals surface area contributed by atoms with Gasteiger partial charge >= 0.3 is 5.97 Å². The minimum absolute atomic E-state index is 0.0968. The summed E-state index contributed by atoms with van der Waals surface area (Å²) >= 11 is 0. The Hall–Kier alpha value is -1.81. The third-order valence-electron chi connectivity index (χ3n) is 3.37. The second kappa shape index (κ2) is 8.47. The summed E-state index contributed by atoms with van der Waals surface area (Å²) < 4.78 is 5.58. The lowest BCUT2D eigenvalue weighted by molar-refractivity contribution is -0.137. The highest BCUT2D eigenvalue weighted by Crippen LogP contribution is 2.24. The summed E-state index contributed by atoms with van der Waals surface area (Å²) in [6.45, 7) is 10.9. The number of rotatable bonds is 9. The fourth-order valence-electron chi connectivity index (χ4n) is 2.32. The van der Waals surface area contributed by atoms with E-state index in [1.807, 2.05) is 26.8 Å². The summed E-state index contributed by atoms with van der Waals surface area (Å²) in [6.07, 6.45) is 2.52. The lowest BCUT2D eigenvalue weighted by Crippen LogP contribution is -2.33. The molecule has 21 heavy (non-hydrogen) atoms. The largest absolute Gasteiger partial charge is 0.494 e. The summed E-state index contributed by atoms with van der Waals surface area (Å²) in [7, 11) is 0. The minimum Gasteiger partial charge on any atom is -0.494 e. The van der Waals surface area contributed by atoms with E-state index >= 15 is 0 Å². The first-order valence-electron chi connectivity index (χ1n) is 7.26. The Balaban J connectivity index is 2.89. The Kier molecular flexibility index (Phi) is 6.96. The minimum atomic E-state index is -0.795. The third-order valence-corrected chi connectivity index (χ3v) is 3.37. The summed E-state index contributed by atoms with van der Waals surface area (Å²) in [5.74, 6) is 0.101. The van der Waals surface area contributed by atoms with Crippen LogP contribution in [0.4, 0.5) is 0 Å². The van der Waals surface area contributed by atoms with Crippen molar-refractivity contribution in [1.82, 2.24) is 5.32 Å². The second-order valence-electron chi connectivity index (χ2n) is 5.17. The predicted octanol–water partition coefficient (Wildman–Crippen LogP) is 2.86. The fraction of sp³-hybridized carbons (Fsp3) is 0.471. The van der Waals surface area contributed by atoms with Crippen LogP contribution in [0.1, 0.15) is 30.0 Å². The molecule has 0 radical (unpaired) electrons. The summed E-state index contributed by atoms with van der Waals surface area (Å²) in [6, 6.07) is 4.01. The molecule has 0 amide bonds. The van der Waals surface area contributed by atoms with Crippen molar-refractivity contribution in [2.75, 3.05) is 13.2 Å². The van der Waals surface area contributed by atoms with Gasteiger partial charge in [0.2, 0.25) is 0 Å². The second-order valence-corrected chi connectivity index (χ2v) is 5.17. The molecule has 0 bridgehead atoms. The van der Waals surface area contributed by atoms with Crippen LogP contribution in [0.2, 0.25) is 0 Å². The molecule has 4 nitrogen and oxygen atoms in total. The molecular weight excluding hydrogens is 266 g/mol. The maximum Gasteiger partial charge on any atom is 0.304 e. The molecule has 1 atom stereocenters. The third kappa shape index (κ3) is 5.60. The highest BCUT2D eigenvalue weighted by atomic mass is 16.5. The molecule has 0 spiro atoms. The van der Waals surface area contributed by atoms with E-state index in [1.165, 1.54) is 0 Å². The monoisotopic (exact) mass is 291 g/mol. The molecule has 0 saturated heterocycles. The van der Waals surface area contributed by atoms with Crippen LogP contribution in [0.3, 0.4) is 0 Å². The Morgan fingerprint density at radius 1 is 1.43 bits per heavy atom. The lowest BCUT2D eigenvalue weighted by atomic mass is 9.96. The maximum absolute atomic E-state index is 11.0. The van der Waals surface area contributed by atoms with Gasteiger partial charge in [0.1, 0.15) is 5.75 Å². The van der Waals surface area contributed by atoms with Crippen molar-refractivity contribution < 1.29 is 14.6 Å². The van der Waals surface area contributed by atoms with Crippen molar-refractivity contribution in [2.24, 2.45) is 0 Å². The van der Waals surface area contributed by atoms with Gasteiger partial charge in [0.15, 0.2) is 0 Å². The van der Waals surface area contributed by atoms with Crippen LogP contribution in [0.15, 0.2) is 24.8 Å². The number of hydrogen-bond acceptors (Lipinski definition) is 3. The number of aliphatic carboxylic acids is 1. The zero-order valence-electron chi connectivity index (χ0n) is 13.1. The van der Waals surface area contributed by atoms with Crippen LogP contribution in [0.5, 0.6) is 5.75 Å². The van der Waals surface area contributed by atoms with Crippen LogP contribution in [-0.4, -0.2) is 30.3 Å². The molecule has 4 heteroatoms. The van der Waals surface area contributed by atoms with Crippen LogP contribution in [-0.2, 0) is 11.2 Å². The van der Waals surface area contributed by atoms with Crippen LogP contribution in [0, 0.1) is 13.8 Å². The van der Waals surface area contributed by atoms with Gasteiger partial charge in [-0.1, -0.05) is 12.1 Å². The molecule has 2 N–H and O–H groups in total. The molecule has 0 heterocycles. The van der Waals surface area contributed by atoms with E-state index < -0.39 is 5.97 Å². The van der Waals surface area contributed by atoms with Gasteiger partial charge in [0.25, 0.3) is 0 Å². The average molecular weight is 291 g/mol. The predicted molar refractivity (Wildman–Crippen MR) is 85.0 cm³/mol. The molecule has 0 saturated carbocycles. The lowest BCUT2D eigenvalue weighted by Gasteiger charge is -2.19. The van der Waals surface area contributed by atoms with E-state index in [4.69, 9.17) is 9.84 Å².